The Morgan fingerprint density at radius 1 is 0.969 bits per heavy atom. The van der Waals surface area contributed by atoms with Gasteiger partial charge in [-0.1, -0.05) is 24.3 Å². The molecule has 1 aromatic heterocycles. The van der Waals surface area contributed by atoms with Crippen LogP contribution in [0.4, 0.5) is 11.5 Å². The largest absolute Gasteiger partial charge is 0.497 e. The van der Waals surface area contributed by atoms with Crippen LogP contribution in [0.1, 0.15) is 18.4 Å². The predicted molar refractivity (Wildman–Crippen MR) is 125 cm³/mol. The number of aromatic nitrogens is 2. The number of methoxy groups -OCH3 is 2. The number of hydrogen-bond acceptors (Lipinski definition) is 6. The lowest BCUT2D eigenvalue weighted by Gasteiger charge is -2.31. The summed E-state index contributed by atoms with van der Waals surface area (Å²) in [4.78, 5) is 15.0. The molecule has 0 spiro atoms. The minimum absolute atomic E-state index is 0.0148. The van der Waals surface area contributed by atoms with Gasteiger partial charge in [0.05, 0.1) is 19.9 Å². The zero-order valence-electron chi connectivity index (χ0n) is 18.7. The van der Waals surface area contributed by atoms with Crippen molar-refractivity contribution in [2.24, 2.45) is 5.92 Å². The van der Waals surface area contributed by atoms with E-state index < -0.39 is 0 Å². The van der Waals surface area contributed by atoms with Crippen molar-refractivity contribution in [3.05, 3.63) is 60.2 Å². The van der Waals surface area contributed by atoms with Gasteiger partial charge in [-0.15, -0.1) is 10.2 Å². The minimum Gasteiger partial charge on any atom is -0.497 e. The Morgan fingerprint density at radius 2 is 1.66 bits per heavy atom. The highest BCUT2D eigenvalue weighted by molar-refractivity contribution is 5.93. The summed E-state index contributed by atoms with van der Waals surface area (Å²) in [5, 5.41) is 11.9. The molecule has 1 aliphatic heterocycles. The lowest BCUT2D eigenvalue weighted by atomic mass is 9.95. The molecule has 32 heavy (non-hydrogen) atoms. The summed E-state index contributed by atoms with van der Waals surface area (Å²) in [6.07, 6.45) is 1.52. The van der Waals surface area contributed by atoms with E-state index >= 15 is 0 Å². The molecular formula is C25H28N4O3. The van der Waals surface area contributed by atoms with E-state index in [1.807, 2.05) is 24.3 Å². The SMILES string of the molecule is COc1cc(NC(=O)C2CCN(c3ccc(-c4ccccc4C)nn3)CC2)cc(OC)c1. The number of ether oxygens (including phenoxy) is 2. The average Bonchev–Trinajstić information content (AvgIpc) is 2.84. The molecule has 0 bridgehead atoms. The molecule has 2 aromatic carbocycles. The number of hydrogen-bond donors (Lipinski definition) is 1. The maximum absolute atomic E-state index is 12.8. The van der Waals surface area contributed by atoms with Gasteiger partial charge in [-0.2, -0.15) is 0 Å². The summed E-state index contributed by atoms with van der Waals surface area (Å²) in [5.41, 5.74) is 3.81. The van der Waals surface area contributed by atoms with E-state index in [1.165, 1.54) is 5.56 Å². The first-order valence-corrected chi connectivity index (χ1v) is 10.8. The third kappa shape index (κ3) is 4.82. The number of carbonyl (C=O) groups excluding carboxylic acids is 1. The van der Waals surface area contributed by atoms with E-state index in [0.717, 1.165) is 43.0 Å². The van der Waals surface area contributed by atoms with Crippen molar-refractivity contribution in [2.45, 2.75) is 19.8 Å². The van der Waals surface area contributed by atoms with Gasteiger partial charge in [-0.3, -0.25) is 4.79 Å². The fourth-order valence-corrected chi connectivity index (χ4v) is 3.99. The molecule has 0 aliphatic carbocycles. The molecule has 7 heteroatoms. The fourth-order valence-electron chi connectivity index (χ4n) is 3.99. The quantitative estimate of drug-likeness (QED) is 0.625. The summed E-state index contributed by atoms with van der Waals surface area (Å²) in [7, 11) is 3.18. The van der Waals surface area contributed by atoms with Crippen LogP contribution in [0, 0.1) is 12.8 Å². The fraction of sp³-hybridized carbons (Fsp3) is 0.320. The smallest absolute Gasteiger partial charge is 0.227 e. The molecule has 0 unspecified atom stereocenters. The van der Waals surface area contributed by atoms with Gasteiger partial charge in [-0.05, 0) is 37.5 Å². The van der Waals surface area contributed by atoms with Gasteiger partial charge in [0.2, 0.25) is 5.91 Å². The molecule has 0 saturated carbocycles. The van der Waals surface area contributed by atoms with Gasteiger partial charge >= 0.3 is 0 Å². The minimum atomic E-state index is -0.0531. The van der Waals surface area contributed by atoms with Crippen LogP contribution < -0.4 is 19.7 Å². The Morgan fingerprint density at radius 3 is 2.25 bits per heavy atom. The van der Waals surface area contributed by atoms with Crippen molar-refractivity contribution in [3.8, 4) is 22.8 Å². The first-order chi connectivity index (χ1) is 15.6. The number of rotatable bonds is 6. The summed E-state index contributed by atoms with van der Waals surface area (Å²) in [6.45, 7) is 3.60. The molecule has 0 radical (unpaired) electrons. The maximum Gasteiger partial charge on any atom is 0.227 e. The first kappa shape index (κ1) is 21.6. The van der Waals surface area contributed by atoms with E-state index in [4.69, 9.17) is 9.47 Å². The van der Waals surface area contributed by atoms with E-state index in [0.29, 0.717) is 17.2 Å². The Kier molecular flexibility index (Phi) is 6.54. The first-order valence-electron chi connectivity index (χ1n) is 10.8. The summed E-state index contributed by atoms with van der Waals surface area (Å²) in [6, 6.07) is 17.5. The highest BCUT2D eigenvalue weighted by Gasteiger charge is 2.26. The van der Waals surface area contributed by atoms with Crippen LogP contribution in [0.5, 0.6) is 11.5 Å². The molecule has 2 heterocycles. The van der Waals surface area contributed by atoms with Crippen LogP contribution in [-0.4, -0.2) is 43.4 Å². The third-order valence-electron chi connectivity index (χ3n) is 5.88. The zero-order valence-corrected chi connectivity index (χ0v) is 18.7. The van der Waals surface area contributed by atoms with Crippen molar-refractivity contribution in [1.29, 1.82) is 0 Å². The van der Waals surface area contributed by atoms with Gasteiger partial charge < -0.3 is 19.7 Å². The van der Waals surface area contributed by atoms with Crippen LogP contribution in [0.15, 0.2) is 54.6 Å². The molecule has 1 fully saturated rings. The molecule has 7 nitrogen and oxygen atoms in total. The molecule has 166 valence electrons. The van der Waals surface area contributed by atoms with E-state index in [1.54, 1.807) is 32.4 Å². The molecule has 3 aromatic rings. The topological polar surface area (TPSA) is 76.6 Å². The standard InChI is InChI=1S/C25H28N4O3/c1-17-6-4-5-7-22(17)23-8-9-24(28-27-23)29-12-10-18(11-13-29)25(30)26-19-14-20(31-2)16-21(15-19)32-3/h4-9,14-16,18H,10-13H2,1-3H3,(H,26,30). The number of nitrogens with one attached hydrogen (secondary N) is 1. The number of amides is 1. The number of piperidine rings is 1. The summed E-state index contributed by atoms with van der Waals surface area (Å²) in [5.74, 6) is 2.09. The van der Waals surface area contributed by atoms with Gasteiger partial charge in [-0.25, -0.2) is 0 Å². The van der Waals surface area contributed by atoms with Gasteiger partial charge in [0.15, 0.2) is 5.82 Å². The van der Waals surface area contributed by atoms with E-state index in [-0.39, 0.29) is 11.8 Å². The lowest BCUT2D eigenvalue weighted by Crippen LogP contribution is -2.38. The van der Waals surface area contributed by atoms with E-state index in [2.05, 4.69) is 39.5 Å². The van der Waals surface area contributed by atoms with Crippen molar-refractivity contribution in [2.75, 3.05) is 37.5 Å². The molecule has 1 amide bonds. The number of nitrogens with zero attached hydrogens (tertiary/aromatic N) is 3. The second-order valence-corrected chi connectivity index (χ2v) is 7.94. The molecular weight excluding hydrogens is 404 g/mol. The Hall–Kier alpha value is -3.61. The van der Waals surface area contributed by atoms with Crippen LogP contribution in [0.2, 0.25) is 0 Å². The van der Waals surface area contributed by atoms with Crippen LogP contribution in [-0.2, 0) is 4.79 Å². The highest BCUT2D eigenvalue weighted by atomic mass is 16.5. The van der Waals surface area contributed by atoms with Gasteiger partial charge in [0, 0.05) is 48.5 Å². The normalized spacial score (nSPS) is 14.2. The monoisotopic (exact) mass is 432 g/mol. The lowest BCUT2D eigenvalue weighted by molar-refractivity contribution is -0.120. The highest BCUT2D eigenvalue weighted by Crippen LogP contribution is 2.28. The second kappa shape index (κ2) is 9.68. The number of benzene rings is 2. The number of aryl methyl sites for hydroxylation is 1. The number of anilines is 2. The Labute approximate surface area is 188 Å². The van der Waals surface area contributed by atoms with Crippen molar-refractivity contribution in [3.63, 3.8) is 0 Å². The third-order valence-corrected chi connectivity index (χ3v) is 5.88. The van der Waals surface area contributed by atoms with Crippen LogP contribution in [0.25, 0.3) is 11.3 Å². The molecule has 4 rings (SSSR count). The predicted octanol–water partition coefficient (Wildman–Crippen LogP) is 4.32. The summed E-state index contributed by atoms with van der Waals surface area (Å²) >= 11 is 0. The van der Waals surface area contributed by atoms with Gasteiger partial charge in [0.1, 0.15) is 11.5 Å². The average molecular weight is 433 g/mol. The maximum atomic E-state index is 12.8. The van der Waals surface area contributed by atoms with Crippen LogP contribution >= 0.6 is 0 Å². The molecule has 1 N–H and O–H groups in total. The van der Waals surface area contributed by atoms with Crippen molar-refractivity contribution in [1.82, 2.24) is 10.2 Å². The second-order valence-electron chi connectivity index (χ2n) is 7.94. The number of carbonyl (C=O) groups is 1. The van der Waals surface area contributed by atoms with Crippen molar-refractivity contribution < 1.29 is 14.3 Å². The Balaban J connectivity index is 1.36. The molecule has 0 atom stereocenters. The summed E-state index contributed by atoms with van der Waals surface area (Å²) < 4.78 is 10.6. The Bertz CT molecular complexity index is 1050. The van der Waals surface area contributed by atoms with Gasteiger partial charge in [0.25, 0.3) is 0 Å². The zero-order chi connectivity index (χ0) is 22.5. The molecule has 1 aliphatic rings. The van der Waals surface area contributed by atoms with Crippen LogP contribution in [0.3, 0.4) is 0 Å². The molecule has 1 saturated heterocycles. The van der Waals surface area contributed by atoms with Crippen molar-refractivity contribution >= 4 is 17.4 Å². The van der Waals surface area contributed by atoms with E-state index in [9.17, 15) is 4.79 Å².